The third-order valence-corrected chi connectivity index (χ3v) is 18.4. The number of nitrogens with zero attached hydrogens (tertiary/aromatic N) is 9. The number of aromatic nitrogens is 11. The molecule has 9 aromatic rings. The molecule has 354 valence electrons. The van der Waals surface area contributed by atoms with Crippen LogP contribution in [0.25, 0.3) is 54.2 Å². The molecule has 1 atom stereocenters. The van der Waals surface area contributed by atoms with Crippen molar-refractivity contribution in [2.45, 2.75) is 130 Å². The molecule has 9 aromatic heterocycles. The zero-order chi connectivity index (χ0) is 46.5. The predicted molar refractivity (Wildman–Crippen MR) is 271 cm³/mol. The highest BCUT2D eigenvalue weighted by Gasteiger charge is 2.37. The van der Waals surface area contributed by atoms with Gasteiger partial charge in [-0.05, 0) is 142 Å². The largest absolute Gasteiger partial charge is 0.378 e. The number of hydrogen-bond donors (Lipinski definition) is 4. The lowest BCUT2D eigenvalue weighted by Crippen LogP contribution is -2.40. The number of fused-ring (bicyclic) bond motifs is 4. The molecule has 11 heterocycles. The first-order chi connectivity index (χ1) is 33.0. The van der Waals surface area contributed by atoms with Gasteiger partial charge < -0.3 is 25.3 Å². The van der Waals surface area contributed by atoms with Gasteiger partial charge in [0.1, 0.15) is 28.2 Å². The highest BCUT2D eigenvalue weighted by Crippen LogP contribution is 2.52. The lowest BCUT2D eigenvalue weighted by molar-refractivity contribution is -0.753. The maximum Gasteiger partial charge on any atom is 0.308 e. The molecular weight excluding hydrogens is 887 g/mol. The monoisotopic (exact) mass is 950 g/mol. The summed E-state index contributed by atoms with van der Waals surface area (Å²) in [6.07, 6.45) is 17.4. The number of hydrogen-bond acceptors (Lipinski definition) is 10. The number of morpholine rings is 1. The SMILES string of the molecule is Cc1c(-c2[nH]c3sc([C@H]4C[C@H](n5cc(C6COCCN6)nn5)C4)c(C)c3c2C(C)C)cn2c(nc[n+]2Cc2cc(-c3[nH]c4sc(CCC5CCNCC5)c(C)c4c3C(C)C)cn3ncnc23)c1C. The van der Waals surface area contributed by atoms with E-state index >= 15 is 0 Å². The summed E-state index contributed by atoms with van der Waals surface area (Å²) >= 11 is 3.90. The Balaban J connectivity index is 0.855. The van der Waals surface area contributed by atoms with Gasteiger partial charge in [0.05, 0.1) is 49.1 Å². The third kappa shape index (κ3) is 7.35. The Kier molecular flexibility index (Phi) is 11.2. The van der Waals surface area contributed by atoms with Crippen molar-refractivity contribution in [2.24, 2.45) is 5.92 Å². The van der Waals surface area contributed by atoms with Gasteiger partial charge in [-0.1, -0.05) is 32.9 Å². The van der Waals surface area contributed by atoms with Crippen LogP contribution >= 0.6 is 22.7 Å². The number of pyridine rings is 2. The van der Waals surface area contributed by atoms with Crippen LogP contribution in [0.1, 0.15) is 144 Å². The van der Waals surface area contributed by atoms with Crippen LogP contribution in [0.4, 0.5) is 0 Å². The first kappa shape index (κ1) is 44.0. The van der Waals surface area contributed by atoms with E-state index in [2.05, 4.69) is 125 Å². The molecule has 4 N–H and O–H groups in total. The topological polar surface area (TPSA) is 147 Å². The van der Waals surface area contributed by atoms with E-state index in [1.165, 1.54) is 99.8 Å². The number of rotatable bonds is 12. The molecule has 14 nitrogen and oxygen atoms in total. The summed E-state index contributed by atoms with van der Waals surface area (Å²) in [7, 11) is 0. The number of H-pyrrole nitrogens is 2. The van der Waals surface area contributed by atoms with E-state index in [4.69, 9.17) is 19.8 Å². The zero-order valence-corrected chi connectivity index (χ0v) is 42.3. The second kappa shape index (κ2) is 17.3. The minimum Gasteiger partial charge on any atom is -0.378 e. The molecule has 0 bridgehead atoms. The van der Waals surface area contributed by atoms with Crippen molar-refractivity contribution >= 4 is 54.4 Å². The van der Waals surface area contributed by atoms with E-state index in [0.29, 0.717) is 36.9 Å². The van der Waals surface area contributed by atoms with Crippen LogP contribution in [0.3, 0.4) is 0 Å². The molecule has 16 heteroatoms. The number of aromatic amines is 2. The van der Waals surface area contributed by atoms with Crippen molar-refractivity contribution in [1.29, 1.82) is 0 Å². The van der Waals surface area contributed by atoms with Gasteiger partial charge in [0.25, 0.3) is 5.65 Å². The van der Waals surface area contributed by atoms with Crippen molar-refractivity contribution in [3.8, 4) is 22.5 Å². The van der Waals surface area contributed by atoms with Gasteiger partial charge in [0.15, 0.2) is 5.65 Å². The smallest absolute Gasteiger partial charge is 0.308 e. The number of nitrogens with one attached hydrogen (secondary N) is 4. The molecule has 68 heavy (non-hydrogen) atoms. The summed E-state index contributed by atoms with van der Waals surface area (Å²) in [6.45, 7) is 23.6. The van der Waals surface area contributed by atoms with E-state index in [9.17, 15) is 0 Å². The van der Waals surface area contributed by atoms with Crippen molar-refractivity contribution in [3.05, 3.63) is 91.7 Å². The number of ether oxygens (including phenoxy) is 1. The second-order valence-electron chi connectivity index (χ2n) is 20.6. The first-order valence-electron chi connectivity index (χ1n) is 24.9. The fourth-order valence-electron chi connectivity index (χ4n) is 11.8. The highest BCUT2D eigenvalue weighted by molar-refractivity contribution is 7.19. The van der Waals surface area contributed by atoms with E-state index in [-0.39, 0.29) is 6.04 Å². The molecule has 3 fully saturated rings. The normalized spacial score (nSPS) is 19.6. The van der Waals surface area contributed by atoms with Gasteiger partial charge in [-0.2, -0.15) is 5.10 Å². The Labute approximate surface area is 404 Å². The summed E-state index contributed by atoms with van der Waals surface area (Å²) in [5.41, 5.74) is 16.7. The van der Waals surface area contributed by atoms with Gasteiger partial charge in [0, 0.05) is 55.5 Å². The van der Waals surface area contributed by atoms with Crippen molar-refractivity contribution < 1.29 is 9.42 Å². The minimum absolute atomic E-state index is 0.121. The van der Waals surface area contributed by atoms with Crippen LogP contribution < -0.4 is 15.3 Å². The zero-order valence-electron chi connectivity index (χ0n) is 40.7. The van der Waals surface area contributed by atoms with E-state index in [0.717, 1.165) is 79.5 Å². The molecule has 0 aromatic carbocycles. The quantitative estimate of drug-likeness (QED) is 0.0886. The Hall–Kier alpha value is -5.26. The molecule has 1 saturated carbocycles. The molecular formula is C52H64N13OS2+. The minimum atomic E-state index is 0.121. The van der Waals surface area contributed by atoms with Gasteiger partial charge >= 0.3 is 6.33 Å². The summed E-state index contributed by atoms with van der Waals surface area (Å²) in [5.74, 6) is 2.00. The van der Waals surface area contributed by atoms with Crippen molar-refractivity contribution in [2.75, 3.05) is 32.8 Å². The Morgan fingerprint density at radius 1 is 0.838 bits per heavy atom. The summed E-state index contributed by atoms with van der Waals surface area (Å²) in [4.78, 5) is 23.3. The number of piperidine rings is 1. The molecule has 0 spiro atoms. The molecule has 2 aliphatic heterocycles. The number of thiophene rings is 2. The van der Waals surface area contributed by atoms with E-state index < -0.39 is 0 Å². The molecule has 0 radical (unpaired) electrons. The fourth-order valence-corrected chi connectivity index (χ4v) is 14.4. The van der Waals surface area contributed by atoms with Crippen molar-refractivity contribution in [3.63, 3.8) is 0 Å². The highest BCUT2D eigenvalue weighted by atomic mass is 32.1. The molecule has 3 aliphatic rings. The Bertz CT molecular complexity index is 3340. The molecule has 2 saturated heterocycles. The standard InChI is InChI=1S/C52H64N13OS2/c1-27(2)42-44-31(7)41(10-9-33-11-13-53-14-12-33)67-51(44)58-46(42)35-17-36(50-55-25-57-64(50)21-35)20-62-26-56-49-30(6)29(5)38(22-65(49)62)47-43(28(3)4)45-32(8)48(68-52(45)59-47)34-18-37(19-34)63-23-39(60-61-63)40-24-66-16-15-54-40/h17,21-23,25-28,33-34,37,40,53-54,58-59H,9-16,18-20,24H2,1-8H3/q+1/t34-,37-,40?. The molecule has 0 amide bonds. The van der Waals surface area contributed by atoms with Gasteiger partial charge in [0.2, 0.25) is 0 Å². The third-order valence-electron chi connectivity index (χ3n) is 15.7. The fraction of sp³-hybridized carbons (Fsp3) is 0.500. The van der Waals surface area contributed by atoms with Crippen molar-refractivity contribution in [1.82, 2.24) is 59.7 Å². The Morgan fingerprint density at radius 3 is 2.38 bits per heavy atom. The van der Waals surface area contributed by atoms with E-state index in [1.807, 2.05) is 33.5 Å². The summed E-state index contributed by atoms with van der Waals surface area (Å²) in [6, 6.07) is 2.81. The van der Waals surface area contributed by atoms with Crippen LogP contribution in [0.5, 0.6) is 0 Å². The Morgan fingerprint density at radius 2 is 1.60 bits per heavy atom. The van der Waals surface area contributed by atoms with Crippen LogP contribution in [-0.2, 0) is 17.7 Å². The van der Waals surface area contributed by atoms with Crippen LogP contribution in [0.2, 0.25) is 0 Å². The van der Waals surface area contributed by atoms with Crippen LogP contribution in [-0.4, -0.2) is 81.9 Å². The molecule has 1 unspecified atom stereocenters. The summed E-state index contributed by atoms with van der Waals surface area (Å²) < 4.78 is 14.2. The van der Waals surface area contributed by atoms with Gasteiger partial charge in [-0.3, -0.25) is 0 Å². The number of aryl methyl sites for hydroxylation is 4. The molecule has 12 rings (SSSR count). The average Bonchev–Trinajstić information content (AvgIpc) is 4.20. The summed E-state index contributed by atoms with van der Waals surface area (Å²) in [5, 5.41) is 23.6. The predicted octanol–water partition coefficient (Wildman–Crippen LogP) is 9.92. The van der Waals surface area contributed by atoms with Gasteiger partial charge in [-0.25, -0.2) is 14.2 Å². The average molecular weight is 951 g/mol. The van der Waals surface area contributed by atoms with E-state index in [1.54, 1.807) is 6.33 Å². The second-order valence-corrected chi connectivity index (χ2v) is 22.8. The molecule has 1 aliphatic carbocycles. The van der Waals surface area contributed by atoms with Gasteiger partial charge in [-0.15, -0.1) is 37.0 Å². The van der Waals surface area contributed by atoms with Crippen LogP contribution in [0, 0.1) is 33.6 Å². The first-order valence-corrected chi connectivity index (χ1v) is 26.6. The maximum atomic E-state index is 5.68. The lowest BCUT2D eigenvalue weighted by Gasteiger charge is -2.35. The maximum absolute atomic E-state index is 5.68. The van der Waals surface area contributed by atoms with Crippen LogP contribution in [0.15, 0.2) is 37.3 Å². The lowest BCUT2D eigenvalue weighted by atomic mass is 9.78.